The summed E-state index contributed by atoms with van der Waals surface area (Å²) in [5.74, 6) is 0. The fourth-order valence-electron chi connectivity index (χ4n) is 1.55. The van der Waals surface area contributed by atoms with E-state index < -0.39 is 0 Å². The molecule has 1 aromatic carbocycles. The van der Waals surface area contributed by atoms with Crippen LogP contribution in [0.25, 0.3) is 0 Å². The molecule has 0 saturated carbocycles. The number of nitrogens with zero attached hydrogens (tertiary/aromatic N) is 2. The van der Waals surface area contributed by atoms with E-state index in [-0.39, 0.29) is 0 Å². The average Bonchev–Trinajstić information content (AvgIpc) is 2.39. The molecule has 0 radical (unpaired) electrons. The van der Waals surface area contributed by atoms with Gasteiger partial charge in [0.15, 0.2) is 0 Å². The van der Waals surface area contributed by atoms with Crippen molar-refractivity contribution in [2.24, 2.45) is 0 Å². The molecule has 1 N–H and O–H groups in total. The van der Waals surface area contributed by atoms with E-state index in [0.717, 1.165) is 17.1 Å². The Morgan fingerprint density at radius 1 is 1.06 bits per heavy atom. The Kier molecular flexibility index (Phi) is 3.05. The summed E-state index contributed by atoms with van der Waals surface area (Å²) in [6.07, 6.45) is 3.63. The Bertz CT molecular complexity index is 436. The number of benzene rings is 1. The van der Waals surface area contributed by atoms with E-state index >= 15 is 0 Å². The van der Waals surface area contributed by atoms with Crippen molar-refractivity contribution in [1.82, 2.24) is 4.98 Å². The van der Waals surface area contributed by atoms with E-state index in [1.54, 1.807) is 6.20 Å². The maximum atomic E-state index is 4.11. The molecule has 3 nitrogen and oxygen atoms in total. The van der Waals surface area contributed by atoms with E-state index in [1.165, 1.54) is 0 Å². The SMILES string of the molecule is CNc1ccc(N(C)c2cccnc2)cc1. The third-order valence-electron chi connectivity index (χ3n) is 2.58. The lowest BCUT2D eigenvalue weighted by atomic mass is 10.2. The summed E-state index contributed by atoms with van der Waals surface area (Å²) in [5.41, 5.74) is 3.34. The summed E-state index contributed by atoms with van der Waals surface area (Å²) in [5, 5.41) is 3.10. The van der Waals surface area contributed by atoms with Crippen LogP contribution in [0.4, 0.5) is 17.1 Å². The number of pyridine rings is 1. The lowest BCUT2D eigenvalue weighted by Gasteiger charge is -2.19. The van der Waals surface area contributed by atoms with Crippen LogP contribution in [0.2, 0.25) is 0 Å². The van der Waals surface area contributed by atoms with Gasteiger partial charge in [-0.1, -0.05) is 0 Å². The van der Waals surface area contributed by atoms with Gasteiger partial charge in [-0.2, -0.15) is 0 Å². The molecule has 16 heavy (non-hydrogen) atoms. The van der Waals surface area contributed by atoms with Crippen LogP contribution in [0, 0.1) is 0 Å². The van der Waals surface area contributed by atoms with Gasteiger partial charge in [0.05, 0.1) is 11.9 Å². The topological polar surface area (TPSA) is 28.2 Å². The third-order valence-corrected chi connectivity index (χ3v) is 2.58. The van der Waals surface area contributed by atoms with Crippen molar-refractivity contribution in [3.63, 3.8) is 0 Å². The second-order valence-corrected chi connectivity index (χ2v) is 3.57. The predicted octanol–water partition coefficient (Wildman–Crippen LogP) is 2.89. The Morgan fingerprint density at radius 2 is 1.81 bits per heavy atom. The molecule has 0 aliphatic rings. The molecule has 0 atom stereocenters. The number of anilines is 3. The zero-order valence-electron chi connectivity index (χ0n) is 9.51. The second kappa shape index (κ2) is 4.66. The van der Waals surface area contributed by atoms with Gasteiger partial charge in [0.25, 0.3) is 0 Å². The van der Waals surface area contributed by atoms with E-state index in [0.29, 0.717) is 0 Å². The predicted molar refractivity (Wildman–Crippen MR) is 68.3 cm³/mol. The van der Waals surface area contributed by atoms with Crippen LogP contribution in [0.3, 0.4) is 0 Å². The number of hydrogen-bond donors (Lipinski definition) is 1. The summed E-state index contributed by atoms with van der Waals surface area (Å²) >= 11 is 0. The molecule has 0 amide bonds. The second-order valence-electron chi connectivity index (χ2n) is 3.57. The van der Waals surface area contributed by atoms with Crippen LogP contribution in [0.15, 0.2) is 48.8 Å². The molecule has 0 aliphatic carbocycles. The average molecular weight is 213 g/mol. The molecular weight excluding hydrogens is 198 g/mol. The first-order valence-corrected chi connectivity index (χ1v) is 5.23. The van der Waals surface area contributed by atoms with Gasteiger partial charge in [-0.05, 0) is 36.4 Å². The molecule has 0 bridgehead atoms. The van der Waals surface area contributed by atoms with Crippen LogP contribution < -0.4 is 10.2 Å². The minimum Gasteiger partial charge on any atom is -0.388 e. The quantitative estimate of drug-likeness (QED) is 0.849. The first-order chi connectivity index (χ1) is 7.81. The standard InChI is InChI=1S/C13H15N3/c1-14-11-5-7-12(8-6-11)16(2)13-4-3-9-15-10-13/h3-10,14H,1-2H3. The third kappa shape index (κ3) is 2.14. The van der Waals surface area contributed by atoms with E-state index in [1.807, 2.05) is 32.4 Å². The van der Waals surface area contributed by atoms with Gasteiger partial charge < -0.3 is 10.2 Å². The van der Waals surface area contributed by atoms with E-state index in [2.05, 4.69) is 39.5 Å². The van der Waals surface area contributed by atoms with Crippen molar-refractivity contribution in [2.75, 3.05) is 24.3 Å². The Labute approximate surface area is 95.7 Å². The molecule has 0 unspecified atom stereocenters. The summed E-state index contributed by atoms with van der Waals surface area (Å²) < 4.78 is 0. The highest BCUT2D eigenvalue weighted by atomic mass is 15.1. The minimum absolute atomic E-state index is 1.08. The van der Waals surface area contributed by atoms with Crippen molar-refractivity contribution >= 4 is 17.1 Å². The lowest BCUT2D eigenvalue weighted by molar-refractivity contribution is 1.17. The van der Waals surface area contributed by atoms with Crippen molar-refractivity contribution in [2.45, 2.75) is 0 Å². The fourth-order valence-corrected chi connectivity index (χ4v) is 1.55. The van der Waals surface area contributed by atoms with Crippen molar-refractivity contribution in [3.8, 4) is 0 Å². The molecular formula is C13H15N3. The largest absolute Gasteiger partial charge is 0.388 e. The van der Waals surface area contributed by atoms with Gasteiger partial charge in [-0.15, -0.1) is 0 Å². The Balaban J connectivity index is 2.24. The molecule has 82 valence electrons. The van der Waals surface area contributed by atoms with Crippen LogP contribution in [-0.2, 0) is 0 Å². The van der Waals surface area contributed by atoms with Crippen molar-refractivity contribution in [1.29, 1.82) is 0 Å². The summed E-state index contributed by atoms with van der Waals surface area (Å²) in [6.45, 7) is 0. The highest BCUT2D eigenvalue weighted by molar-refractivity contribution is 5.63. The van der Waals surface area contributed by atoms with Crippen LogP contribution in [-0.4, -0.2) is 19.1 Å². The molecule has 3 heteroatoms. The zero-order chi connectivity index (χ0) is 11.4. The monoisotopic (exact) mass is 213 g/mol. The molecule has 1 heterocycles. The van der Waals surface area contributed by atoms with Gasteiger partial charge >= 0.3 is 0 Å². The van der Waals surface area contributed by atoms with E-state index in [4.69, 9.17) is 0 Å². The van der Waals surface area contributed by atoms with Gasteiger partial charge in [0, 0.05) is 31.7 Å². The number of rotatable bonds is 3. The molecule has 0 fully saturated rings. The first kappa shape index (κ1) is 10.5. The molecule has 0 aliphatic heterocycles. The highest BCUT2D eigenvalue weighted by Crippen LogP contribution is 2.23. The smallest absolute Gasteiger partial charge is 0.0594 e. The molecule has 2 rings (SSSR count). The fraction of sp³-hybridized carbons (Fsp3) is 0.154. The Morgan fingerprint density at radius 3 is 2.38 bits per heavy atom. The highest BCUT2D eigenvalue weighted by Gasteiger charge is 2.02. The van der Waals surface area contributed by atoms with Crippen LogP contribution in [0.1, 0.15) is 0 Å². The van der Waals surface area contributed by atoms with Gasteiger partial charge in [0.1, 0.15) is 0 Å². The normalized spacial score (nSPS) is 9.88. The minimum atomic E-state index is 1.08. The first-order valence-electron chi connectivity index (χ1n) is 5.23. The number of aromatic nitrogens is 1. The summed E-state index contributed by atoms with van der Waals surface area (Å²) in [6, 6.07) is 12.3. The maximum Gasteiger partial charge on any atom is 0.0594 e. The summed E-state index contributed by atoms with van der Waals surface area (Å²) in [7, 11) is 3.95. The number of nitrogens with one attached hydrogen (secondary N) is 1. The molecule has 1 aromatic heterocycles. The van der Waals surface area contributed by atoms with Gasteiger partial charge in [-0.3, -0.25) is 4.98 Å². The van der Waals surface area contributed by atoms with Gasteiger partial charge in [-0.25, -0.2) is 0 Å². The molecule has 0 spiro atoms. The van der Waals surface area contributed by atoms with Crippen molar-refractivity contribution < 1.29 is 0 Å². The summed E-state index contributed by atoms with van der Waals surface area (Å²) in [4.78, 5) is 6.21. The van der Waals surface area contributed by atoms with Crippen LogP contribution >= 0.6 is 0 Å². The maximum absolute atomic E-state index is 4.11. The van der Waals surface area contributed by atoms with Crippen molar-refractivity contribution in [3.05, 3.63) is 48.8 Å². The molecule has 0 saturated heterocycles. The number of hydrogen-bond acceptors (Lipinski definition) is 3. The van der Waals surface area contributed by atoms with Gasteiger partial charge in [0.2, 0.25) is 0 Å². The Hall–Kier alpha value is -2.03. The van der Waals surface area contributed by atoms with E-state index in [9.17, 15) is 0 Å². The lowest BCUT2D eigenvalue weighted by Crippen LogP contribution is -2.09. The van der Waals surface area contributed by atoms with Crippen LogP contribution in [0.5, 0.6) is 0 Å². The zero-order valence-corrected chi connectivity index (χ0v) is 9.51. The molecule has 2 aromatic rings.